The zero-order chi connectivity index (χ0) is 19.7. The van der Waals surface area contributed by atoms with Gasteiger partial charge in [-0.05, 0) is 32.0 Å². The summed E-state index contributed by atoms with van der Waals surface area (Å²) < 4.78 is 1.67. The largest absolute Gasteiger partial charge is 0.352 e. The summed E-state index contributed by atoms with van der Waals surface area (Å²) in [6.45, 7) is 4.36. The third kappa shape index (κ3) is 3.05. The van der Waals surface area contributed by atoms with Crippen LogP contribution in [-0.4, -0.2) is 50.1 Å². The molecule has 4 rings (SSSR count). The number of carbonyl (C=O) groups excluding carboxylic acids is 2. The summed E-state index contributed by atoms with van der Waals surface area (Å²) in [6.07, 6.45) is 1.69. The Morgan fingerprint density at radius 3 is 2.57 bits per heavy atom. The number of rotatable bonds is 3. The van der Waals surface area contributed by atoms with Gasteiger partial charge in [-0.1, -0.05) is 36.4 Å². The Hall–Kier alpha value is -3.48. The molecule has 142 valence electrons. The number of hydrogen-bond donors (Lipinski definition) is 1. The monoisotopic (exact) mass is 375 g/mol. The van der Waals surface area contributed by atoms with Crippen LogP contribution in [0.1, 0.15) is 24.3 Å². The van der Waals surface area contributed by atoms with E-state index in [4.69, 9.17) is 0 Å². The first-order valence-electron chi connectivity index (χ1n) is 9.15. The van der Waals surface area contributed by atoms with E-state index in [-0.39, 0.29) is 17.5 Å². The molecule has 3 heterocycles. The van der Waals surface area contributed by atoms with Crippen LogP contribution < -0.4 is 5.32 Å². The number of benzene rings is 1. The molecule has 1 fully saturated rings. The molecule has 3 aromatic rings. The third-order valence-corrected chi connectivity index (χ3v) is 4.96. The molecule has 2 aromatic heterocycles. The molecular weight excluding hydrogens is 354 g/mol. The Morgan fingerprint density at radius 2 is 1.86 bits per heavy atom. The molecular formula is C21H21N5O2. The number of hydrogen-bond acceptors (Lipinski definition) is 4. The fraction of sp³-hybridized carbons (Fsp3) is 0.238. The summed E-state index contributed by atoms with van der Waals surface area (Å²) in [7, 11) is 0. The average molecular weight is 375 g/mol. The van der Waals surface area contributed by atoms with Crippen molar-refractivity contribution in [2.24, 2.45) is 0 Å². The van der Waals surface area contributed by atoms with E-state index >= 15 is 0 Å². The molecule has 2 amide bonds. The van der Waals surface area contributed by atoms with Gasteiger partial charge >= 0.3 is 0 Å². The molecule has 0 spiro atoms. The van der Waals surface area contributed by atoms with E-state index in [2.05, 4.69) is 15.4 Å². The van der Waals surface area contributed by atoms with E-state index in [0.717, 1.165) is 11.3 Å². The first-order chi connectivity index (χ1) is 13.5. The summed E-state index contributed by atoms with van der Waals surface area (Å²) in [5.74, 6) is 0.183. The predicted octanol–water partition coefficient (Wildman–Crippen LogP) is 2.28. The molecule has 7 nitrogen and oxygen atoms in total. The lowest BCUT2D eigenvalue weighted by atomic mass is 9.98. The highest BCUT2D eigenvalue weighted by molar-refractivity contribution is 5.99. The van der Waals surface area contributed by atoms with Crippen LogP contribution in [0.5, 0.6) is 0 Å². The Kier molecular flexibility index (Phi) is 4.43. The highest BCUT2D eigenvalue weighted by Gasteiger charge is 2.41. The number of pyridine rings is 1. The first kappa shape index (κ1) is 17.9. The van der Waals surface area contributed by atoms with Gasteiger partial charge in [-0.2, -0.15) is 5.10 Å². The summed E-state index contributed by atoms with van der Waals surface area (Å²) in [4.78, 5) is 31.4. The normalized spacial score (nSPS) is 15.9. The Balaban J connectivity index is 1.80. The molecule has 0 aliphatic carbocycles. The molecule has 1 N–H and O–H groups in total. The minimum atomic E-state index is -0.934. The molecule has 1 aromatic carbocycles. The van der Waals surface area contributed by atoms with Crippen LogP contribution in [0.2, 0.25) is 0 Å². The lowest BCUT2D eigenvalue weighted by molar-refractivity contribution is -0.133. The van der Waals surface area contributed by atoms with Gasteiger partial charge in [-0.15, -0.1) is 0 Å². The molecule has 0 saturated carbocycles. The van der Waals surface area contributed by atoms with E-state index in [0.29, 0.717) is 18.9 Å². The maximum atomic E-state index is 13.2. The van der Waals surface area contributed by atoms with Crippen molar-refractivity contribution in [3.8, 4) is 17.1 Å². The summed E-state index contributed by atoms with van der Waals surface area (Å²) in [6, 6.07) is 17.0. The highest BCUT2D eigenvalue weighted by atomic mass is 16.2. The highest BCUT2D eigenvalue weighted by Crippen LogP contribution is 2.26. The van der Waals surface area contributed by atoms with Gasteiger partial charge in [0.05, 0.1) is 5.69 Å². The third-order valence-electron chi connectivity index (χ3n) is 4.96. The van der Waals surface area contributed by atoms with Crippen molar-refractivity contribution in [2.75, 3.05) is 13.1 Å². The Morgan fingerprint density at radius 1 is 1.11 bits per heavy atom. The van der Waals surface area contributed by atoms with Crippen molar-refractivity contribution in [3.05, 3.63) is 66.5 Å². The van der Waals surface area contributed by atoms with Crippen molar-refractivity contribution in [3.63, 3.8) is 0 Å². The minimum absolute atomic E-state index is 0.167. The van der Waals surface area contributed by atoms with Gasteiger partial charge in [-0.25, -0.2) is 9.67 Å². The van der Waals surface area contributed by atoms with Gasteiger partial charge < -0.3 is 10.2 Å². The zero-order valence-electron chi connectivity index (χ0n) is 15.8. The molecule has 0 radical (unpaired) electrons. The van der Waals surface area contributed by atoms with Crippen molar-refractivity contribution in [1.82, 2.24) is 25.0 Å². The second-order valence-corrected chi connectivity index (χ2v) is 7.15. The van der Waals surface area contributed by atoms with E-state index in [1.54, 1.807) is 35.7 Å². The fourth-order valence-electron chi connectivity index (χ4n) is 3.35. The van der Waals surface area contributed by atoms with Crippen LogP contribution in [0, 0.1) is 0 Å². The summed E-state index contributed by atoms with van der Waals surface area (Å²) >= 11 is 0. The standard InChI is InChI=1S/C21H21N5O2/c1-21(2)20(28)23-12-13-25(21)19(27)16-14-17(15-8-4-3-5-9-15)26(24-16)18-10-6-7-11-22-18/h3-11,14H,12-13H2,1-2H3,(H,23,28). The second-order valence-electron chi connectivity index (χ2n) is 7.15. The number of piperazine rings is 1. The van der Waals surface area contributed by atoms with Gasteiger partial charge in [0.25, 0.3) is 5.91 Å². The molecule has 0 unspecified atom stereocenters. The number of carbonyl (C=O) groups is 2. The predicted molar refractivity (Wildman–Crippen MR) is 105 cm³/mol. The van der Waals surface area contributed by atoms with Crippen LogP contribution in [0.15, 0.2) is 60.8 Å². The molecule has 1 aliphatic heterocycles. The topological polar surface area (TPSA) is 80.1 Å². The molecule has 1 saturated heterocycles. The average Bonchev–Trinajstić information content (AvgIpc) is 3.16. The van der Waals surface area contributed by atoms with Crippen molar-refractivity contribution >= 4 is 11.8 Å². The van der Waals surface area contributed by atoms with Gasteiger partial charge in [0.1, 0.15) is 5.54 Å². The van der Waals surface area contributed by atoms with Crippen LogP contribution >= 0.6 is 0 Å². The first-order valence-corrected chi connectivity index (χ1v) is 9.15. The van der Waals surface area contributed by atoms with Gasteiger partial charge in [0, 0.05) is 24.8 Å². The van der Waals surface area contributed by atoms with Crippen LogP contribution in [0.25, 0.3) is 17.1 Å². The molecule has 1 aliphatic rings. The van der Waals surface area contributed by atoms with E-state index in [1.165, 1.54) is 0 Å². The Bertz CT molecular complexity index is 955. The van der Waals surface area contributed by atoms with Gasteiger partial charge in [0.2, 0.25) is 5.91 Å². The maximum Gasteiger partial charge on any atom is 0.275 e. The number of nitrogens with zero attached hydrogens (tertiary/aromatic N) is 4. The zero-order valence-corrected chi connectivity index (χ0v) is 15.8. The fourth-order valence-corrected chi connectivity index (χ4v) is 3.35. The van der Waals surface area contributed by atoms with Crippen LogP contribution in [0.4, 0.5) is 0 Å². The van der Waals surface area contributed by atoms with E-state index in [1.807, 2.05) is 48.5 Å². The summed E-state index contributed by atoms with van der Waals surface area (Å²) in [5.41, 5.74) is 1.04. The SMILES string of the molecule is CC1(C)C(=O)NCCN1C(=O)c1cc(-c2ccccc2)n(-c2ccccn2)n1. The van der Waals surface area contributed by atoms with E-state index < -0.39 is 5.54 Å². The van der Waals surface area contributed by atoms with Crippen LogP contribution in [0.3, 0.4) is 0 Å². The Labute approximate surface area is 163 Å². The molecule has 0 atom stereocenters. The lowest BCUT2D eigenvalue weighted by Gasteiger charge is -2.40. The van der Waals surface area contributed by atoms with E-state index in [9.17, 15) is 9.59 Å². The van der Waals surface area contributed by atoms with Crippen molar-refractivity contribution < 1.29 is 9.59 Å². The van der Waals surface area contributed by atoms with Crippen LogP contribution in [-0.2, 0) is 4.79 Å². The van der Waals surface area contributed by atoms with Gasteiger partial charge in [-0.3, -0.25) is 9.59 Å². The molecule has 28 heavy (non-hydrogen) atoms. The van der Waals surface area contributed by atoms with Gasteiger partial charge in [0.15, 0.2) is 11.5 Å². The smallest absolute Gasteiger partial charge is 0.275 e. The minimum Gasteiger partial charge on any atom is -0.352 e. The van der Waals surface area contributed by atoms with Crippen molar-refractivity contribution in [2.45, 2.75) is 19.4 Å². The molecule has 0 bridgehead atoms. The number of nitrogens with one attached hydrogen (secondary N) is 1. The quantitative estimate of drug-likeness (QED) is 0.762. The molecule has 7 heteroatoms. The second kappa shape index (κ2) is 6.92. The maximum absolute atomic E-state index is 13.2. The number of aromatic nitrogens is 3. The lowest BCUT2D eigenvalue weighted by Crippen LogP contribution is -2.63. The summed E-state index contributed by atoms with van der Waals surface area (Å²) in [5, 5.41) is 7.36. The van der Waals surface area contributed by atoms with Crippen molar-refractivity contribution in [1.29, 1.82) is 0 Å². The number of amides is 2.